The number of ether oxygens (including phenoxy) is 1. The molecule has 180 valence electrons. The molecule has 2 aliphatic rings. The third-order valence-corrected chi connectivity index (χ3v) is 7.14. The molecule has 2 saturated heterocycles. The number of furan rings is 1. The van der Waals surface area contributed by atoms with Crippen molar-refractivity contribution in [2.75, 3.05) is 52.9 Å². The number of likely N-dealkylation sites (tertiary alicyclic amines) is 2. The van der Waals surface area contributed by atoms with E-state index in [4.69, 9.17) is 9.15 Å². The molecule has 2 fully saturated rings. The monoisotopic (exact) mass is 453 g/mol. The van der Waals surface area contributed by atoms with Gasteiger partial charge in [-0.2, -0.15) is 0 Å². The molecule has 0 spiro atoms. The van der Waals surface area contributed by atoms with Gasteiger partial charge >= 0.3 is 0 Å². The highest BCUT2D eigenvalue weighted by molar-refractivity contribution is 5.78. The van der Waals surface area contributed by atoms with Crippen molar-refractivity contribution in [3.8, 4) is 5.75 Å². The Bertz CT molecular complexity index is 876. The van der Waals surface area contributed by atoms with Gasteiger partial charge in [0.05, 0.1) is 19.9 Å². The van der Waals surface area contributed by atoms with Gasteiger partial charge in [-0.3, -0.25) is 9.69 Å². The Balaban J connectivity index is 1.51. The quantitative estimate of drug-likeness (QED) is 0.542. The molecule has 0 saturated carbocycles. The Morgan fingerprint density at radius 3 is 2.67 bits per heavy atom. The number of benzene rings is 1. The summed E-state index contributed by atoms with van der Waals surface area (Å²) in [7, 11) is 1.72. The number of rotatable bonds is 10. The molecule has 2 atom stereocenters. The zero-order chi connectivity index (χ0) is 23.2. The fourth-order valence-electron chi connectivity index (χ4n) is 5.36. The van der Waals surface area contributed by atoms with Gasteiger partial charge < -0.3 is 19.0 Å². The van der Waals surface area contributed by atoms with Crippen molar-refractivity contribution in [1.82, 2.24) is 14.7 Å². The lowest BCUT2D eigenvalue weighted by atomic mass is 9.88. The van der Waals surface area contributed by atoms with Crippen molar-refractivity contribution in [3.05, 3.63) is 54.0 Å². The van der Waals surface area contributed by atoms with Gasteiger partial charge in [0.1, 0.15) is 11.5 Å². The Kier molecular flexibility index (Phi) is 8.10. The van der Waals surface area contributed by atoms with Gasteiger partial charge in [-0.1, -0.05) is 26.0 Å². The molecule has 1 aromatic carbocycles. The first-order valence-electron chi connectivity index (χ1n) is 12.4. The number of nitrogens with zero attached hydrogens (tertiary/aromatic N) is 3. The van der Waals surface area contributed by atoms with Gasteiger partial charge in [-0.25, -0.2) is 0 Å². The maximum absolute atomic E-state index is 13.2. The Morgan fingerprint density at radius 1 is 1.15 bits per heavy atom. The smallest absolute Gasteiger partial charge is 0.225 e. The molecule has 2 aromatic rings. The number of amides is 1. The van der Waals surface area contributed by atoms with Crippen molar-refractivity contribution in [2.24, 2.45) is 11.8 Å². The molecular formula is C27H39N3O3. The van der Waals surface area contributed by atoms with Crippen LogP contribution in [0.5, 0.6) is 5.75 Å². The van der Waals surface area contributed by atoms with Crippen molar-refractivity contribution < 1.29 is 13.9 Å². The molecule has 1 aromatic heterocycles. The summed E-state index contributed by atoms with van der Waals surface area (Å²) in [6.07, 6.45) is 4.30. The van der Waals surface area contributed by atoms with Crippen molar-refractivity contribution in [2.45, 2.75) is 39.2 Å². The van der Waals surface area contributed by atoms with Crippen LogP contribution in [0.4, 0.5) is 0 Å². The van der Waals surface area contributed by atoms with Crippen LogP contribution in [-0.4, -0.2) is 73.5 Å². The highest BCUT2D eigenvalue weighted by atomic mass is 16.5. The van der Waals surface area contributed by atoms with E-state index in [1.54, 1.807) is 13.4 Å². The molecule has 0 aliphatic carbocycles. The summed E-state index contributed by atoms with van der Waals surface area (Å²) >= 11 is 0. The predicted octanol–water partition coefficient (Wildman–Crippen LogP) is 4.08. The van der Waals surface area contributed by atoms with Gasteiger partial charge in [0.15, 0.2) is 0 Å². The van der Waals surface area contributed by atoms with E-state index in [-0.39, 0.29) is 11.8 Å². The van der Waals surface area contributed by atoms with Crippen LogP contribution in [0.25, 0.3) is 0 Å². The predicted molar refractivity (Wildman–Crippen MR) is 130 cm³/mol. The van der Waals surface area contributed by atoms with E-state index in [1.807, 2.05) is 32.0 Å². The lowest BCUT2D eigenvalue weighted by Crippen LogP contribution is -2.43. The van der Waals surface area contributed by atoms with E-state index in [0.717, 1.165) is 63.9 Å². The summed E-state index contributed by atoms with van der Waals surface area (Å²) in [6.45, 7) is 11.7. The topological polar surface area (TPSA) is 49.2 Å². The maximum atomic E-state index is 13.2. The molecule has 1 amide bonds. The summed E-state index contributed by atoms with van der Waals surface area (Å²) in [5.41, 5.74) is 1.29. The lowest BCUT2D eigenvalue weighted by Gasteiger charge is -2.31. The van der Waals surface area contributed by atoms with Crippen LogP contribution in [0.15, 0.2) is 47.1 Å². The molecular weight excluding hydrogens is 414 g/mol. The number of hydrogen-bond acceptors (Lipinski definition) is 5. The van der Waals surface area contributed by atoms with E-state index in [0.29, 0.717) is 11.8 Å². The average molecular weight is 454 g/mol. The van der Waals surface area contributed by atoms with Crippen LogP contribution in [0.3, 0.4) is 0 Å². The first kappa shape index (κ1) is 23.8. The number of carbonyl (C=O) groups excluding carboxylic acids is 1. The van der Waals surface area contributed by atoms with E-state index in [2.05, 4.69) is 32.9 Å². The minimum atomic E-state index is 0.0134. The van der Waals surface area contributed by atoms with Crippen LogP contribution in [0, 0.1) is 11.8 Å². The van der Waals surface area contributed by atoms with Gasteiger partial charge in [0.2, 0.25) is 5.91 Å². The Hall–Kier alpha value is -2.31. The Morgan fingerprint density at radius 2 is 1.97 bits per heavy atom. The largest absolute Gasteiger partial charge is 0.497 e. The fourth-order valence-corrected chi connectivity index (χ4v) is 5.36. The SMILES string of the molecule is COc1cccc(C2CN(Cc3ccco3)CC2CN(CCN2CCCC2)C(=O)C(C)C)c1. The first-order chi connectivity index (χ1) is 16.0. The van der Waals surface area contributed by atoms with E-state index >= 15 is 0 Å². The second-order valence-electron chi connectivity index (χ2n) is 9.90. The maximum Gasteiger partial charge on any atom is 0.225 e. The molecule has 33 heavy (non-hydrogen) atoms. The minimum Gasteiger partial charge on any atom is -0.497 e. The average Bonchev–Trinajstić information content (AvgIpc) is 3.59. The van der Waals surface area contributed by atoms with Crippen LogP contribution in [0.2, 0.25) is 0 Å². The number of carbonyl (C=O) groups is 1. The van der Waals surface area contributed by atoms with Gasteiger partial charge in [-0.05, 0) is 61.7 Å². The molecule has 2 unspecified atom stereocenters. The van der Waals surface area contributed by atoms with Gasteiger partial charge in [0, 0.05) is 44.6 Å². The van der Waals surface area contributed by atoms with Gasteiger partial charge in [0.25, 0.3) is 0 Å². The summed E-state index contributed by atoms with van der Waals surface area (Å²) in [5.74, 6) is 2.88. The zero-order valence-electron chi connectivity index (χ0n) is 20.4. The van der Waals surface area contributed by atoms with Crippen molar-refractivity contribution in [1.29, 1.82) is 0 Å². The highest BCUT2D eigenvalue weighted by Gasteiger charge is 2.36. The standard InChI is InChI=1S/C27H39N3O3/c1-21(2)27(31)30(14-13-28-11-4-5-12-28)18-23-17-29(19-25-10-7-15-33-25)20-26(23)22-8-6-9-24(16-22)32-3/h6-10,15-16,21,23,26H,4-5,11-14,17-20H2,1-3H3. The molecule has 4 rings (SSSR count). The highest BCUT2D eigenvalue weighted by Crippen LogP contribution is 2.35. The van der Waals surface area contributed by atoms with Crippen molar-refractivity contribution in [3.63, 3.8) is 0 Å². The third kappa shape index (κ3) is 6.18. The van der Waals surface area contributed by atoms with E-state index in [9.17, 15) is 4.79 Å². The Labute approximate surface area is 198 Å². The molecule has 6 heteroatoms. The fraction of sp³-hybridized carbons (Fsp3) is 0.593. The molecule has 0 N–H and O–H groups in total. The zero-order valence-corrected chi connectivity index (χ0v) is 20.4. The van der Waals surface area contributed by atoms with Crippen LogP contribution in [0.1, 0.15) is 43.9 Å². The summed E-state index contributed by atoms with van der Waals surface area (Å²) in [6, 6.07) is 12.4. The number of hydrogen-bond donors (Lipinski definition) is 0. The normalized spacial score (nSPS) is 21.7. The van der Waals surface area contributed by atoms with Crippen LogP contribution >= 0.6 is 0 Å². The molecule has 2 aliphatic heterocycles. The van der Waals surface area contributed by atoms with Crippen molar-refractivity contribution >= 4 is 5.91 Å². The summed E-state index contributed by atoms with van der Waals surface area (Å²) in [4.78, 5) is 20.3. The lowest BCUT2D eigenvalue weighted by molar-refractivity contribution is -0.135. The second-order valence-corrected chi connectivity index (χ2v) is 9.90. The van der Waals surface area contributed by atoms with E-state index in [1.165, 1.54) is 18.4 Å². The summed E-state index contributed by atoms with van der Waals surface area (Å²) < 4.78 is 11.1. The minimum absolute atomic E-state index is 0.0134. The molecule has 6 nitrogen and oxygen atoms in total. The number of methoxy groups -OCH3 is 1. The third-order valence-electron chi connectivity index (χ3n) is 7.14. The molecule has 0 radical (unpaired) electrons. The molecule has 0 bridgehead atoms. The molecule has 3 heterocycles. The van der Waals surface area contributed by atoms with Crippen LogP contribution in [-0.2, 0) is 11.3 Å². The summed E-state index contributed by atoms with van der Waals surface area (Å²) in [5, 5.41) is 0. The van der Waals surface area contributed by atoms with E-state index < -0.39 is 0 Å². The van der Waals surface area contributed by atoms with Gasteiger partial charge in [-0.15, -0.1) is 0 Å². The first-order valence-corrected chi connectivity index (χ1v) is 12.4. The van der Waals surface area contributed by atoms with Crippen LogP contribution < -0.4 is 4.74 Å². The second kappa shape index (κ2) is 11.2.